The van der Waals surface area contributed by atoms with Crippen molar-refractivity contribution in [3.63, 3.8) is 0 Å². The van der Waals surface area contributed by atoms with Gasteiger partial charge in [0.05, 0.1) is 10.6 Å². The fourth-order valence-electron chi connectivity index (χ4n) is 2.31. The van der Waals surface area contributed by atoms with Crippen molar-refractivity contribution in [3.8, 4) is 5.75 Å². The molecule has 8 heteroatoms. The van der Waals surface area contributed by atoms with Gasteiger partial charge in [-0.05, 0) is 43.3 Å². The number of nitrogens with zero attached hydrogens (tertiary/aromatic N) is 3. The van der Waals surface area contributed by atoms with Crippen LogP contribution in [0, 0.1) is 6.92 Å². The predicted molar refractivity (Wildman–Crippen MR) is 110 cm³/mol. The standard InChI is InChI=1S/C19H18ClN3O2S2/c1-3-10-23-18(11-25-15-7-5-14(20)6-8-15)21-22-19(23)26-12-16(24)17-9-4-13(2)27-17/h3-9H,1,10-12H2,2H3. The maximum absolute atomic E-state index is 12.3. The topological polar surface area (TPSA) is 57.0 Å². The summed E-state index contributed by atoms with van der Waals surface area (Å²) in [4.78, 5) is 14.2. The summed E-state index contributed by atoms with van der Waals surface area (Å²) in [6, 6.07) is 11.0. The van der Waals surface area contributed by atoms with Crippen LogP contribution in [0.3, 0.4) is 0 Å². The molecule has 0 saturated heterocycles. The number of benzene rings is 1. The molecule has 27 heavy (non-hydrogen) atoms. The number of halogens is 1. The summed E-state index contributed by atoms with van der Waals surface area (Å²) in [7, 11) is 0. The number of ketones is 1. The molecule has 0 spiro atoms. The van der Waals surface area contributed by atoms with Crippen LogP contribution in [0.15, 0.2) is 54.2 Å². The molecular weight excluding hydrogens is 402 g/mol. The van der Waals surface area contributed by atoms with E-state index in [1.165, 1.54) is 23.1 Å². The second-order valence-corrected chi connectivity index (χ2v) is 8.33. The van der Waals surface area contributed by atoms with Crippen molar-refractivity contribution in [1.29, 1.82) is 0 Å². The highest BCUT2D eigenvalue weighted by atomic mass is 35.5. The zero-order valence-corrected chi connectivity index (χ0v) is 17.1. The van der Waals surface area contributed by atoms with E-state index in [9.17, 15) is 4.79 Å². The summed E-state index contributed by atoms with van der Waals surface area (Å²) in [5.41, 5.74) is 0. The zero-order chi connectivity index (χ0) is 19.2. The van der Waals surface area contributed by atoms with Crippen LogP contribution in [0.4, 0.5) is 0 Å². The molecular formula is C19H18ClN3O2S2. The van der Waals surface area contributed by atoms with Gasteiger partial charge in [0, 0.05) is 16.4 Å². The quantitative estimate of drug-likeness (QED) is 0.276. The average molecular weight is 420 g/mol. The van der Waals surface area contributed by atoms with Crippen molar-refractivity contribution >= 4 is 40.5 Å². The lowest BCUT2D eigenvalue weighted by Gasteiger charge is -2.09. The molecule has 1 aromatic carbocycles. The van der Waals surface area contributed by atoms with Crippen LogP contribution in [-0.2, 0) is 13.2 Å². The van der Waals surface area contributed by atoms with Crippen LogP contribution in [0.1, 0.15) is 20.4 Å². The van der Waals surface area contributed by atoms with Gasteiger partial charge in [-0.1, -0.05) is 29.4 Å². The first-order valence-corrected chi connectivity index (χ1v) is 10.4. The van der Waals surface area contributed by atoms with E-state index in [-0.39, 0.29) is 12.4 Å². The fraction of sp³-hybridized carbons (Fsp3) is 0.211. The Morgan fingerprint density at radius 2 is 2.07 bits per heavy atom. The van der Waals surface area contributed by atoms with Crippen molar-refractivity contribution in [2.45, 2.75) is 25.2 Å². The third-order valence-electron chi connectivity index (χ3n) is 3.63. The molecule has 0 bridgehead atoms. The van der Waals surface area contributed by atoms with Gasteiger partial charge in [0.15, 0.2) is 16.8 Å². The smallest absolute Gasteiger partial charge is 0.192 e. The molecule has 0 aliphatic heterocycles. The molecule has 140 valence electrons. The third-order valence-corrected chi connectivity index (χ3v) is 5.89. The molecule has 0 fully saturated rings. The van der Waals surface area contributed by atoms with Gasteiger partial charge in [0.25, 0.3) is 0 Å². The van der Waals surface area contributed by atoms with E-state index in [2.05, 4.69) is 16.8 Å². The van der Waals surface area contributed by atoms with Gasteiger partial charge in [0.1, 0.15) is 12.4 Å². The van der Waals surface area contributed by atoms with Crippen LogP contribution in [-0.4, -0.2) is 26.3 Å². The molecule has 3 aromatic rings. The van der Waals surface area contributed by atoms with Crippen molar-refractivity contribution in [2.75, 3.05) is 5.75 Å². The van der Waals surface area contributed by atoms with Crippen LogP contribution < -0.4 is 4.74 Å². The van der Waals surface area contributed by atoms with E-state index in [0.717, 1.165) is 9.75 Å². The number of carbonyl (C=O) groups excluding carboxylic acids is 1. The molecule has 0 saturated carbocycles. The van der Waals surface area contributed by atoms with Gasteiger partial charge in [0.2, 0.25) is 0 Å². The lowest BCUT2D eigenvalue weighted by atomic mass is 10.3. The number of ether oxygens (including phenoxy) is 1. The molecule has 0 radical (unpaired) electrons. The third kappa shape index (κ3) is 5.22. The summed E-state index contributed by atoms with van der Waals surface area (Å²) >= 11 is 8.76. The molecule has 0 N–H and O–H groups in total. The maximum Gasteiger partial charge on any atom is 0.192 e. The maximum atomic E-state index is 12.3. The minimum Gasteiger partial charge on any atom is -0.486 e. The van der Waals surface area contributed by atoms with Crippen LogP contribution in [0.5, 0.6) is 5.75 Å². The highest BCUT2D eigenvalue weighted by Gasteiger charge is 2.15. The highest BCUT2D eigenvalue weighted by molar-refractivity contribution is 7.99. The summed E-state index contributed by atoms with van der Waals surface area (Å²) < 4.78 is 7.66. The second kappa shape index (κ2) is 9.21. The number of carbonyl (C=O) groups is 1. The lowest BCUT2D eigenvalue weighted by Crippen LogP contribution is -2.08. The van der Waals surface area contributed by atoms with E-state index in [4.69, 9.17) is 16.3 Å². The number of rotatable bonds is 9. The monoisotopic (exact) mass is 419 g/mol. The number of thiophene rings is 1. The van der Waals surface area contributed by atoms with Gasteiger partial charge in [-0.25, -0.2) is 0 Å². The number of hydrogen-bond acceptors (Lipinski definition) is 6. The Kier molecular flexibility index (Phi) is 6.71. The summed E-state index contributed by atoms with van der Waals surface area (Å²) in [5.74, 6) is 1.77. The summed E-state index contributed by atoms with van der Waals surface area (Å²) in [6.07, 6.45) is 1.77. The molecule has 2 aromatic heterocycles. The van der Waals surface area contributed by atoms with Gasteiger partial charge in [-0.2, -0.15) is 0 Å². The van der Waals surface area contributed by atoms with E-state index < -0.39 is 0 Å². The first kappa shape index (κ1) is 19.7. The van der Waals surface area contributed by atoms with Gasteiger partial charge in [-0.3, -0.25) is 9.36 Å². The number of Topliss-reactive ketones (excluding diaryl/α,β-unsaturated/α-hetero) is 1. The minimum absolute atomic E-state index is 0.0882. The zero-order valence-electron chi connectivity index (χ0n) is 14.7. The molecule has 0 unspecified atom stereocenters. The normalized spacial score (nSPS) is 10.7. The first-order valence-electron chi connectivity index (χ1n) is 8.20. The number of aryl methyl sites for hydroxylation is 1. The Hall–Kier alpha value is -2.09. The van der Waals surface area contributed by atoms with Crippen molar-refractivity contribution in [3.05, 3.63) is 69.7 Å². The molecule has 0 amide bonds. The van der Waals surface area contributed by atoms with Crippen molar-refractivity contribution < 1.29 is 9.53 Å². The second-order valence-electron chi connectivity index (χ2n) is 5.66. The molecule has 3 rings (SSSR count). The molecule has 2 heterocycles. The van der Waals surface area contributed by atoms with Crippen LogP contribution >= 0.6 is 34.7 Å². The van der Waals surface area contributed by atoms with E-state index in [0.29, 0.717) is 34.1 Å². The first-order chi connectivity index (χ1) is 13.1. The van der Waals surface area contributed by atoms with Crippen molar-refractivity contribution in [2.24, 2.45) is 0 Å². The predicted octanol–water partition coefficient (Wildman–Crippen LogP) is 5.04. The molecule has 0 aliphatic carbocycles. The van der Waals surface area contributed by atoms with E-state index >= 15 is 0 Å². The van der Waals surface area contributed by atoms with Gasteiger partial charge < -0.3 is 4.74 Å². The SMILES string of the molecule is C=CCn1c(COc2ccc(Cl)cc2)nnc1SCC(=O)c1ccc(C)s1. The summed E-state index contributed by atoms with van der Waals surface area (Å²) in [5, 5.41) is 9.74. The number of aromatic nitrogens is 3. The van der Waals surface area contributed by atoms with Gasteiger partial charge in [-0.15, -0.1) is 28.1 Å². The molecule has 5 nitrogen and oxygen atoms in total. The van der Waals surface area contributed by atoms with E-state index in [1.807, 2.05) is 23.6 Å². The van der Waals surface area contributed by atoms with Crippen LogP contribution in [0.2, 0.25) is 5.02 Å². The van der Waals surface area contributed by atoms with E-state index in [1.54, 1.807) is 30.3 Å². The Morgan fingerprint density at radius 1 is 1.30 bits per heavy atom. The Bertz CT molecular complexity index is 935. The number of hydrogen-bond donors (Lipinski definition) is 0. The number of allylic oxidation sites excluding steroid dienone is 1. The Labute approximate surface area is 171 Å². The minimum atomic E-state index is 0.0882. The Balaban J connectivity index is 1.66. The molecule has 0 atom stereocenters. The lowest BCUT2D eigenvalue weighted by molar-refractivity contribution is 0.102. The number of thioether (sulfide) groups is 1. The average Bonchev–Trinajstić information content (AvgIpc) is 3.26. The largest absolute Gasteiger partial charge is 0.486 e. The molecule has 0 aliphatic rings. The van der Waals surface area contributed by atoms with Crippen LogP contribution in [0.25, 0.3) is 0 Å². The highest BCUT2D eigenvalue weighted by Crippen LogP contribution is 2.23. The Morgan fingerprint density at radius 3 is 2.74 bits per heavy atom. The van der Waals surface area contributed by atoms with Gasteiger partial charge >= 0.3 is 0 Å². The fourth-order valence-corrected chi connectivity index (χ4v) is 4.18. The van der Waals surface area contributed by atoms with Crippen molar-refractivity contribution in [1.82, 2.24) is 14.8 Å². The summed E-state index contributed by atoms with van der Waals surface area (Å²) in [6.45, 7) is 6.58.